The maximum absolute atomic E-state index is 13.1. The summed E-state index contributed by atoms with van der Waals surface area (Å²) in [4.78, 5) is 16.8. The molecule has 29 heavy (non-hydrogen) atoms. The number of carbonyl (C=O) groups excluding carboxylic acids is 1. The van der Waals surface area contributed by atoms with Crippen LogP contribution in [0.15, 0.2) is 22.0 Å². The number of ether oxygens (including phenoxy) is 2. The molecular formula is C19H24BrN3O3S3. The molecule has 1 amide bonds. The normalized spacial score (nSPS) is 14.2. The van der Waals surface area contributed by atoms with Gasteiger partial charge in [-0.3, -0.25) is 4.90 Å². The Morgan fingerprint density at radius 3 is 2.69 bits per heavy atom. The Morgan fingerprint density at radius 2 is 2.14 bits per heavy atom. The lowest BCUT2D eigenvalue weighted by Crippen LogP contribution is -2.36. The Hall–Kier alpha value is -1.04. The molecule has 6 nitrogen and oxygen atoms in total. The maximum Gasteiger partial charge on any atom is 0.415 e. The molecule has 0 aliphatic rings. The van der Waals surface area contributed by atoms with Crippen LogP contribution in [-0.4, -0.2) is 29.2 Å². The van der Waals surface area contributed by atoms with Crippen LogP contribution in [0.1, 0.15) is 43.6 Å². The second-order valence-corrected chi connectivity index (χ2v) is 11.2. The number of rotatable bonds is 6. The molecule has 3 heterocycles. The zero-order chi connectivity index (χ0) is 21.3. The van der Waals surface area contributed by atoms with Crippen molar-refractivity contribution < 1.29 is 14.3 Å². The smallest absolute Gasteiger partial charge is 0.415 e. The Labute approximate surface area is 190 Å². The monoisotopic (exact) mass is 517 g/mol. The van der Waals surface area contributed by atoms with Gasteiger partial charge in [0, 0.05) is 18.0 Å². The van der Waals surface area contributed by atoms with Gasteiger partial charge in [-0.2, -0.15) is 4.37 Å². The van der Waals surface area contributed by atoms with Gasteiger partial charge in [0.2, 0.25) is 0 Å². The van der Waals surface area contributed by atoms with Crippen molar-refractivity contribution in [1.29, 1.82) is 0 Å². The molecule has 0 bridgehead atoms. The van der Waals surface area contributed by atoms with Crippen molar-refractivity contribution in [2.75, 3.05) is 12.0 Å². The Morgan fingerprint density at radius 1 is 1.41 bits per heavy atom. The lowest BCUT2D eigenvalue weighted by molar-refractivity contribution is 0.0579. The third kappa shape index (κ3) is 5.00. The van der Waals surface area contributed by atoms with Gasteiger partial charge in [-0.05, 0) is 66.6 Å². The van der Waals surface area contributed by atoms with Gasteiger partial charge < -0.3 is 15.2 Å². The van der Waals surface area contributed by atoms with Crippen LogP contribution >= 0.6 is 50.1 Å². The Balaban J connectivity index is 2.06. The number of hydrogen-bond donors (Lipinski definition) is 1. The van der Waals surface area contributed by atoms with Crippen LogP contribution in [0.3, 0.4) is 0 Å². The topological polar surface area (TPSA) is 77.7 Å². The number of thiophene rings is 2. The standard InChI is InChI=1S/C19H24BrN3O3S3/c1-10(21)14(25-5)15-12(20)13-16(28-15)17(29-22-13)23(9-11-7-6-8-27-11)18(24)26-19(2,3)4/h6-8,10,14H,9,21H2,1-5H3. The molecule has 0 aliphatic heterocycles. The van der Waals surface area contributed by atoms with Gasteiger partial charge in [-0.25, -0.2) is 4.79 Å². The molecule has 158 valence electrons. The number of fused-ring (bicyclic) bond motifs is 1. The maximum atomic E-state index is 13.1. The fourth-order valence-corrected chi connectivity index (χ4v) is 6.83. The van der Waals surface area contributed by atoms with Crippen LogP contribution in [0.5, 0.6) is 0 Å². The molecule has 3 aromatic heterocycles. The van der Waals surface area contributed by atoms with Crippen molar-refractivity contribution in [2.24, 2.45) is 5.73 Å². The summed E-state index contributed by atoms with van der Waals surface area (Å²) in [7, 11) is 1.64. The molecule has 0 spiro atoms. The second kappa shape index (κ2) is 8.99. The van der Waals surface area contributed by atoms with E-state index in [1.807, 2.05) is 45.2 Å². The molecule has 3 aromatic rings. The number of aromatic nitrogens is 1. The number of carbonyl (C=O) groups is 1. The van der Waals surface area contributed by atoms with E-state index in [0.29, 0.717) is 6.54 Å². The van der Waals surface area contributed by atoms with Crippen molar-refractivity contribution >= 4 is 71.4 Å². The Bertz CT molecular complexity index is 976. The molecule has 0 saturated carbocycles. The van der Waals surface area contributed by atoms with Crippen LogP contribution in [0.25, 0.3) is 10.2 Å². The third-order valence-corrected chi connectivity index (χ3v) is 8.19. The molecule has 10 heteroatoms. The highest BCUT2D eigenvalue weighted by atomic mass is 79.9. The zero-order valence-corrected chi connectivity index (χ0v) is 20.9. The lowest BCUT2D eigenvalue weighted by Gasteiger charge is -2.26. The third-order valence-electron chi connectivity index (χ3n) is 4.01. The number of halogens is 1. The van der Waals surface area contributed by atoms with Crippen LogP contribution < -0.4 is 10.6 Å². The molecule has 0 saturated heterocycles. The van der Waals surface area contributed by atoms with Gasteiger partial charge in [0.05, 0.1) is 20.6 Å². The minimum atomic E-state index is -0.591. The van der Waals surface area contributed by atoms with Crippen molar-refractivity contribution in [3.05, 3.63) is 31.7 Å². The molecule has 0 radical (unpaired) electrons. The quantitative estimate of drug-likeness (QED) is 0.423. The molecule has 2 atom stereocenters. The summed E-state index contributed by atoms with van der Waals surface area (Å²) in [6.07, 6.45) is -0.647. The fourth-order valence-electron chi connectivity index (χ4n) is 2.79. The number of amides is 1. The van der Waals surface area contributed by atoms with Gasteiger partial charge in [-0.1, -0.05) is 6.07 Å². The van der Waals surface area contributed by atoms with Crippen molar-refractivity contribution in [1.82, 2.24) is 4.37 Å². The van der Waals surface area contributed by atoms with Crippen molar-refractivity contribution in [3.63, 3.8) is 0 Å². The van der Waals surface area contributed by atoms with Gasteiger partial charge in [0.1, 0.15) is 22.2 Å². The SMILES string of the molecule is COC(c1sc2c(N(Cc3cccs3)C(=O)OC(C)(C)C)snc2c1Br)C(C)N. The minimum absolute atomic E-state index is 0.181. The van der Waals surface area contributed by atoms with E-state index in [1.54, 1.807) is 34.7 Å². The predicted molar refractivity (Wildman–Crippen MR) is 125 cm³/mol. The van der Waals surface area contributed by atoms with E-state index in [-0.39, 0.29) is 12.1 Å². The molecule has 0 aliphatic carbocycles. The summed E-state index contributed by atoms with van der Waals surface area (Å²) in [5, 5.41) is 2.76. The lowest BCUT2D eigenvalue weighted by atomic mass is 10.1. The van der Waals surface area contributed by atoms with E-state index < -0.39 is 11.7 Å². The largest absolute Gasteiger partial charge is 0.443 e. The first kappa shape index (κ1) is 22.6. The number of anilines is 1. The molecular weight excluding hydrogens is 494 g/mol. The summed E-state index contributed by atoms with van der Waals surface area (Å²) in [6.45, 7) is 7.92. The number of nitrogens with two attached hydrogens (primary N) is 1. The number of nitrogens with zero attached hydrogens (tertiary/aromatic N) is 2. The van der Waals surface area contributed by atoms with Gasteiger partial charge >= 0.3 is 6.09 Å². The molecule has 2 N–H and O–H groups in total. The summed E-state index contributed by atoms with van der Waals surface area (Å²) in [6, 6.07) is 3.80. The predicted octanol–water partition coefficient (Wildman–Crippen LogP) is 6.16. The first-order valence-electron chi connectivity index (χ1n) is 9.01. The summed E-state index contributed by atoms with van der Waals surface area (Å²) in [5.41, 5.74) is 6.33. The van der Waals surface area contributed by atoms with Crippen LogP contribution in [0.2, 0.25) is 0 Å². The van der Waals surface area contributed by atoms with E-state index in [9.17, 15) is 4.79 Å². The highest BCUT2D eigenvalue weighted by Gasteiger charge is 2.31. The minimum Gasteiger partial charge on any atom is -0.443 e. The average Bonchev–Trinajstić information content (AvgIpc) is 3.32. The van der Waals surface area contributed by atoms with Gasteiger partial charge in [-0.15, -0.1) is 22.7 Å². The summed E-state index contributed by atoms with van der Waals surface area (Å²) >= 11 is 8.10. The zero-order valence-electron chi connectivity index (χ0n) is 16.9. The molecule has 2 unspecified atom stereocenters. The average molecular weight is 519 g/mol. The van der Waals surface area contributed by atoms with Gasteiger partial charge in [0.15, 0.2) is 0 Å². The summed E-state index contributed by atoms with van der Waals surface area (Å²) < 4.78 is 17.7. The van der Waals surface area contributed by atoms with Crippen LogP contribution in [0.4, 0.5) is 9.80 Å². The van der Waals surface area contributed by atoms with Gasteiger partial charge in [0.25, 0.3) is 0 Å². The van der Waals surface area contributed by atoms with Crippen LogP contribution in [0, 0.1) is 0 Å². The van der Waals surface area contributed by atoms with Crippen molar-refractivity contribution in [3.8, 4) is 0 Å². The van der Waals surface area contributed by atoms with E-state index in [0.717, 1.165) is 29.4 Å². The fraction of sp³-hybridized carbons (Fsp3) is 0.474. The summed E-state index contributed by atoms with van der Waals surface area (Å²) in [5.74, 6) is 0. The first-order chi connectivity index (χ1) is 13.6. The molecule has 0 aromatic carbocycles. The van der Waals surface area contributed by atoms with Crippen LogP contribution in [-0.2, 0) is 16.0 Å². The van der Waals surface area contributed by atoms with E-state index in [4.69, 9.17) is 15.2 Å². The first-order valence-corrected chi connectivity index (χ1v) is 12.3. The molecule has 0 fully saturated rings. The number of hydrogen-bond acceptors (Lipinski definition) is 8. The highest BCUT2D eigenvalue weighted by Crippen LogP contribution is 2.46. The van der Waals surface area contributed by atoms with Crippen molar-refractivity contribution in [2.45, 2.75) is 52.0 Å². The highest BCUT2D eigenvalue weighted by molar-refractivity contribution is 9.10. The van der Waals surface area contributed by atoms with E-state index in [2.05, 4.69) is 20.3 Å². The van der Waals surface area contributed by atoms with E-state index in [1.165, 1.54) is 11.5 Å². The number of methoxy groups -OCH3 is 1. The second-order valence-electron chi connectivity index (χ2n) is 7.61. The Kier molecular flexibility index (Phi) is 7.02. The molecule has 3 rings (SSSR count). The van der Waals surface area contributed by atoms with E-state index >= 15 is 0 Å².